The van der Waals surface area contributed by atoms with Crippen LogP contribution in [-0.4, -0.2) is 56.6 Å². The first-order chi connectivity index (χ1) is 7.86. The molecule has 0 aromatic heterocycles. The van der Waals surface area contributed by atoms with Gasteiger partial charge in [0, 0.05) is 26.2 Å². The highest BCUT2D eigenvalue weighted by molar-refractivity contribution is 4.71. The van der Waals surface area contributed by atoms with Gasteiger partial charge in [0.1, 0.15) is 0 Å². The molecule has 104 valence electrons. The van der Waals surface area contributed by atoms with E-state index in [1.807, 2.05) is 0 Å². The monoisotopic (exact) mass is 243 g/mol. The summed E-state index contributed by atoms with van der Waals surface area (Å²) in [6.45, 7) is 14.5. The Labute approximate surface area is 108 Å². The number of nitrogens with two attached hydrogens (primary N) is 1. The van der Waals surface area contributed by atoms with Crippen molar-refractivity contribution >= 4 is 0 Å². The van der Waals surface area contributed by atoms with Crippen LogP contribution < -0.4 is 5.73 Å². The molecule has 1 atom stereocenters. The first kappa shape index (κ1) is 16.9. The summed E-state index contributed by atoms with van der Waals surface area (Å²) in [6, 6.07) is 0. The zero-order chi connectivity index (χ0) is 13.4. The van der Waals surface area contributed by atoms with Crippen LogP contribution in [0.4, 0.5) is 0 Å². The fourth-order valence-corrected chi connectivity index (χ4v) is 2.00. The molecule has 0 spiro atoms. The largest absolute Gasteiger partial charge is 0.330 e. The number of hydrogen-bond acceptors (Lipinski definition) is 3. The molecule has 0 bridgehead atoms. The van der Waals surface area contributed by atoms with Gasteiger partial charge in [-0.05, 0) is 38.4 Å². The van der Waals surface area contributed by atoms with Crippen LogP contribution in [0.15, 0.2) is 0 Å². The summed E-state index contributed by atoms with van der Waals surface area (Å²) < 4.78 is 0. The molecule has 17 heavy (non-hydrogen) atoms. The average molecular weight is 243 g/mol. The number of likely N-dealkylation sites (N-methyl/N-ethyl adjacent to an activating group) is 1. The lowest BCUT2D eigenvalue weighted by molar-refractivity contribution is 0.172. The van der Waals surface area contributed by atoms with Gasteiger partial charge in [0.15, 0.2) is 0 Å². The van der Waals surface area contributed by atoms with Crippen LogP contribution in [0.25, 0.3) is 0 Å². The van der Waals surface area contributed by atoms with Gasteiger partial charge in [0.2, 0.25) is 0 Å². The molecular weight excluding hydrogens is 210 g/mol. The first-order valence-electron chi connectivity index (χ1n) is 6.94. The molecule has 3 heteroatoms. The SMILES string of the molecule is CC(C)CN(CCN(C)C)CC(CN)C(C)C. The maximum Gasteiger partial charge on any atom is 0.0109 e. The van der Waals surface area contributed by atoms with Crippen LogP contribution in [0.2, 0.25) is 0 Å². The van der Waals surface area contributed by atoms with E-state index in [1.54, 1.807) is 0 Å². The molecule has 0 rings (SSSR count). The van der Waals surface area contributed by atoms with Crippen LogP contribution in [0, 0.1) is 17.8 Å². The van der Waals surface area contributed by atoms with E-state index in [9.17, 15) is 0 Å². The summed E-state index contributed by atoms with van der Waals surface area (Å²) in [6.07, 6.45) is 0. The van der Waals surface area contributed by atoms with E-state index < -0.39 is 0 Å². The number of rotatable bonds is 9. The first-order valence-corrected chi connectivity index (χ1v) is 6.94. The van der Waals surface area contributed by atoms with Crippen molar-refractivity contribution in [1.29, 1.82) is 0 Å². The molecule has 1 unspecified atom stereocenters. The lowest BCUT2D eigenvalue weighted by Crippen LogP contribution is -2.40. The smallest absolute Gasteiger partial charge is 0.0109 e. The van der Waals surface area contributed by atoms with Crippen molar-refractivity contribution in [3.05, 3.63) is 0 Å². The predicted molar refractivity (Wildman–Crippen MR) is 77.2 cm³/mol. The Morgan fingerprint density at radius 1 is 0.941 bits per heavy atom. The van der Waals surface area contributed by atoms with Gasteiger partial charge >= 0.3 is 0 Å². The molecule has 0 radical (unpaired) electrons. The molecule has 0 aliphatic heterocycles. The van der Waals surface area contributed by atoms with Gasteiger partial charge in [-0.2, -0.15) is 0 Å². The van der Waals surface area contributed by atoms with Crippen LogP contribution in [0.1, 0.15) is 27.7 Å². The summed E-state index contributed by atoms with van der Waals surface area (Å²) in [7, 11) is 4.27. The Morgan fingerprint density at radius 3 is 1.88 bits per heavy atom. The fourth-order valence-electron chi connectivity index (χ4n) is 2.00. The number of nitrogens with zero attached hydrogens (tertiary/aromatic N) is 2. The van der Waals surface area contributed by atoms with E-state index in [0.717, 1.165) is 32.1 Å². The molecule has 0 heterocycles. The molecule has 0 fully saturated rings. The molecule has 0 saturated heterocycles. The Bertz CT molecular complexity index is 178. The Kier molecular flexibility index (Phi) is 8.83. The van der Waals surface area contributed by atoms with Crippen molar-refractivity contribution in [3.8, 4) is 0 Å². The summed E-state index contributed by atoms with van der Waals surface area (Å²) in [5, 5.41) is 0. The third kappa shape index (κ3) is 8.58. The van der Waals surface area contributed by atoms with Gasteiger partial charge in [-0.25, -0.2) is 0 Å². The van der Waals surface area contributed by atoms with Crippen LogP contribution in [0.5, 0.6) is 0 Å². The maximum atomic E-state index is 5.87. The zero-order valence-electron chi connectivity index (χ0n) is 12.7. The summed E-state index contributed by atoms with van der Waals surface area (Å²) in [5.74, 6) is 2.02. The molecule has 0 aliphatic carbocycles. The summed E-state index contributed by atoms with van der Waals surface area (Å²) in [5.41, 5.74) is 5.87. The Morgan fingerprint density at radius 2 is 1.53 bits per heavy atom. The second-order valence-electron chi connectivity index (χ2n) is 6.20. The fraction of sp³-hybridized carbons (Fsp3) is 1.00. The predicted octanol–water partition coefficient (Wildman–Crippen LogP) is 1.74. The summed E-state index contributed by atoms with van der Waals surface area (Å²) in [4.78, 5) is 4.82. The van der Waals surface area contributed by atoms with Crippen LogP contribution in [-0.2, 0) is 0 Å². The second-order valence-corrected chi connectivity index (χ2v) is 6.20. The highest BCUT2D eigenvalue weighted by Gasteiger charge is 2.17. The minimum absolute atomic E-state index is 0.621. The van der Waals surface area contributed by atoms with Gasteiger partial charge < -0.3 is 15.5 Å². The van der Waals surface area contributed by atoms with Crippen molar-refractivity contribution in [2.24, 2.45) is 23.5 Å². The van der Waals surface area contributed by atoms with Crippen molar-refractivity contribution in [2.45, 2.75) is 27.7 Å². The van der Waals surface area contributed by atoms with E-state index in [0.29, 0.717) is 11.8 Å². The third-order valence-corrected chi connectivity index (χ3v) is 3.23. The highest BCUT2D eigenvalue weighted by Crippen LogP contribution is 2.12. The Balaban J connectivity index is 4.25. The molecule has 0 saturated carbocycles. The number of hydrogen-bond donors (Lipinski definition) is 1. The van der Waals surface area contributed by atoms with Gasteiger partial charge in [-0.3, -0.25) is 0 Å². The van der Waals surface area contributed by atoms with Gasteiger partial charge in [-0.15, -0.1) is 0 Å². The van der Waals surface area contributed by atoms with E-state index in [-0.39, 0.29) is 0 Å². The molecule has 2 N–H and O–H groups in total. The van der Waals surface area contributed by atoms with E-state index >= 15 is 0 Å². The quantitative estimate of drug-likeness (QED) is 0.669. The molecule has 3 nitrogen and oxygen atoms in total. The normalized spacial score (nSPS) is 14.3. The molecular formula is C14H33N3. The van der Waals surface area contributed by atoms with Gasteiger partial charge in [0.05, 0.1) is 0 Å². The topological polar surface area (TPSA) is 32.5 Å². The van der Waals surface area contributed by atoms with E-state index in [4.69, 9.17) is 5.73 Å². The Hall–Kier alpha value is -0.120. The summed E-state index contributed by atoms with van der Waals surface area (Å²) >= 11 is 0. The van der Waals surface area contributed by atoms with E-state index in [2.05, 4.69) is 51.6 Å². The van der Waals surface area contributed by atoms with Crippen LogP contribution in [0.3, 0.4) is 0 Å². The van der Waals surface area contributed by atoms with Crippen molar-refractivity contribution in [2.75, 3.05) is 46.8 Å². The maximum absolute atomic E-state index is 5.87. The van der Waals surface area contributed by atoms with Gasteiger partial charge in [0.25, 0.3) is 0 Å². The van der Waals surface area contributed by atoms with Gasteiger partial charge in [-0.1, -0.05) is 27.7 Å². The van der Waals surface area contributed by atoms with Crippen molar-refractivity contribution in [1.82, 2.24) is 9.80 Å². The van der Waals surface area contributed by atoms with Crippen molar-refractivity contribution < 1.29 is 0 Å². The zero-order valence-corrected chi connectivity index (χ0v) is 12.7. The molecule has 0 aromatic rings. The average Bonchev–Trinajstić information content (AvgIpc) is 2.20. The highest BCUT2D eigenvalue weighted by atomic mass is 15.2. The lowest BCUT2D eigenvalue weighted by Gasteiger charge is -2.31. The van der Waals surface area contributed by atoms with Crippen LogP contribution >= 0.6 is 0 Å². The third-order valence-electron chi connectivity index (χ3n) is 3.23. The molecule has 0 amide bonds. The minimum atomic E-state index is 0.621. The molecule has 0 aliphatic rings. The standard InChI is InChI=1S/C14H33N3/c1-12(2)10-17(8-7-16(5)6)11-14(9-15)13(3)4/h12-14H,7-11,15H2,1-6H3. The minimum Gasteiger partial charge on any atom is -0.330 e. The van der Waals surface area contributed by atoms with Crippen molar-refractivity contribution in [3.63, 3.8) is 0 Å². The van der Waals surface area contributed by atoms with E-state index in [1.165, 1.54) is 6.54 Å². The molecule has 0 aromatic carbocycles. The second kappa shape index (κ2) is 8.90. The lowest BCUT2D eigenvalue weighted by atomic mass is 9.95.